The van der Waals surface area contributed by atoms with Crippen LogP contribution in [0.1, 0.15) is 24.1 Å². The van der Waals surface area contributed by atoms with Gasteiger partial charge in [0.05, 0.1) is 43.2 Å². The number of aliphatic hydroxyl groups is 1. The average Bonchev–Trinajstić information content (AvgIpc) is 3.29. The number of aliphatic hydroxyl groups excluding tert-OH is 1. The molecule has 3 aromatic heterocycles. The zero-order valence-electron chi connectivity index (χ0n) is 15.7. The van der Waals surface area contributed by atoms with Crippen molar-refractivity contribution in [1.29, 1.82) is 0 Å². The summed E-state index contributed by atoms with van der Waals surface area (Å²) in [5.41, 5.74) is 5.62. The minimum atomic E-state index is -0.398. The van der Waals surface area contributed by atoms with Crippen molar-refractivity contribution in [2.24, 2.45) is 0 Å². The van der Waals surface area contributed by atoms with Crippen LogP contribution in [0.3, 0.4) is 0 Å². The number of hydrogen-bond donors (Lipinski definition) is 2. The molecule has 28 heavy (non-hydrogen) atoms. The SMILES string of the molecule is Cc1c(-c2cnc3c(c2)N(C[C@H]2CC[C@@H](O)CO2)C(=O)C3)cnc2[nH]ccc12. The second-order valence-electron chi connectivity index (χ2n) is 7.59. The van der Waals surface area contributed by atoms with Gasteiger partial charge < -0.3 is 19.7 Å². The number of pyridine rings is 2. The maximum Gasteiger partial charge on any atom is 0.233 e. The standard InChI is InChI=1S/C21H22N4O3/c1-12-16-4-5-22-21(16)24-9-17(12)13-6-19-18(23-8-13)7-20(27)25(19)10-15-3-2-14(26)11-28-15/h4-6,8-9,14-15,26H,2-3,7,10-11H2,1H3,(H,22,24)/t14-,15-/m1/s1. The first kappa shape index (κ1) is 17.3. The number of H-pyrrole nitrogens is 1. The molecule has 0 aliphatic carbocycles. The Labute approximate surface area is 162 Å². The fraction of sp³-hybridized carbons (Fsp3) is 0.381. The maximum atomic E-state index is 12.6. The Balaban J connectivity index is 1.48. The molecule has 0 unspecified atom stereocenters. The number of nitrogens with zero attached hydrogens (tertiary/aromatic N) is 3. The van der Waals surface area contributed by atoms with Crippen molar-refractivity contribution < 1.29 is 14.6 Å². The number of nitrogens with one attached hydrogen (secondary N) is 1. The molecule has 0 saturated carbocycles. The quantitative estimate of drug-likeness (QED) is 0.730. The lowest BCUT2D eigenvalue weighted by Gasteiger charge is -2.29. The number of rotatable bonds is 3. The van der Waals surface area contributed by atoms with Crippen LogP contribution in [0.2, 0.25) is 0 Å². The van der Waals surface area contributed by atoms with Gasteiger partial charge in [0.2, 0.25) is 5.91 Å². The number of anilines is 1. The number of aromatic nitrogens is 3. The van der Waals surface area contributed by atoms with Gasteiger partial charge in [0.15, 0.2) is 0 Å². The van der Waals surface area contributed by atoms with Crippen LogP contribution < -0.4 is 4.90 Å². The summed E-state index contributed by atoms with van der Waals surface area (Å²) in [5.74, 6) is 0.0466. The molecule has 0 spiro atoms. The van der Waals surface area contributed by atoms with Gasteiger partial charge in [-0.2, -0.15) is 0 Å². The van der Waals surface area contributed by atoms with Gasteiger partial charge in [-0.15, -0.1) is 0 Å². The highest BCUT2D eigenvalue weighted by molar-refractivity contribution is 6.01. The van der Waals surface area contributed by atoms with Gasteiger partial charge in [-0.05, 0) is 37.5 Å². The lowest BCUT2D eigenvalue weighted by atomic mass is 10.0. The third kappa shape index (κ3) is 2.87. The number of aryl methyl sites for hydroxylation is 1. The van der Waals surface area contributed by atoms with Crippen LogP contribution in [0.5, 0.6) is 0 Å². The van der Waals surface area contributed by atoms with Crippen molar-refractivity contribution in [2.45, 2.75) is 38.4 Å². The molecule has 1 saturated heterocycles. The van der Waals surface area contributed by atoms with Crippen molar-refractivity contribution in [2.75, 3.05) is 18.1 Å². The normalized spacial score (nSPS) is 22.1. The molecule has 2 aliphatic rings. The zero-order valence-corrected chi connectivity index (χ0v) is 15.7. The lowest BCUT2D eigenvalue weighted by molar-refractivity contribution is -0.118. The number of carbonyl (C=O) groups excluding carboxylic acids is 1. The predicted molar refractivity (Wildman–Crippen MR) is 105 cm³/mol. The monoisotopic (exact) mass is 378 g/mol. The summed E-state index contributed by atoms with van der Waals surface area (Å²) in [7, 11) is 0. The van der Waals surface area contributed by atoms with Gasteiger partial charge in [-0.1, -0.05) is 0 Å². The van der Waals surface area contributed by atoms with Crippen LogP contribution in [0.15, 0.2) is 30.7 Å². The summed E-state index contributed by atoms with van der Waals surface area (Å²) < 4.78 is 5.71. The summed E-state index contributed by atoms with van der Waals surface area (Å²) in [6.45, 7) is 2.90. The zero-order chi connectivity index (χ0) is 19.3. The number of fused-ring (bicyclic) bond motifs is 2. The van der Waals surface area contributed by atoms with Crippen molar-refractivity contribution in [1.82, 2.24) is 15.0 Å². The van der Waals surface area contributed by atoms with E-state index in [9.17, 15) is 9.90 Å². The third-order valence-corrected chi connectivity index (χ3v) is 5.76. The van der Waals surface area contributed by atoms with Crippen molar-refractivity contribution in [3.8, 4) is 11.1 Å². The molecule has 0 radical (unpaired) electrons. The van der Waals surface area contributed by atoms with Crippen LogP contribution in [0.25, 0.3) is 22.2 Å². The smallest absolute Gasteiger partial charge is 0.233 e. The van der Waals surface area contributed by atoms with E-state index in [4.69, 9.17) is 4.74 Å². The Bertz CT molecular complexity index is 1050. The highest BCUT2D eigenvalue weighted by Crippen LogP contribution is 2.34. The van der Waals surface area contributed by atoms with Crippen LogP contribution in [-0.4, -0.2) is 51.3 Å². The van der Waals surface area contributed by atoms with E-state index in [1.807, 2.05) is 30.7 Å². The molecule has 2 atom stereocenters. The summed E-state index contributed by atoms with van der Waals surface area (Å²) in [6, 6.07) is 4.06. The molecule has 2 aliphatic heterocycles. The molecule has 144 valence electrons. The van der Waals surface area contributed by atoms with Gasteiger partial charge in [0.1, 0.15) is 5.65 Å². The Morgan fingerprint density at radius 3 is 3.04 bits per heavy atom. The van der Waals surface area contributed by atoms with Crippen LogP contribution in [0, 0.1) is 6.92 Å². The molecule has 2 N–H and O–H groups in total. The predicted octanol–water partition coefficient (Wildman–Crippen LogP) is 2.36. The van der Waals surface area contributed by atoms with E-state index in [2.05, 4.69) is 21.9 Å². The number of hydrogen-bond acceptors (Lipinski definition) is 5. The van der Waals surface area contributed by atoms with E-state index in [0.717, 1.165) is 45.5 Å². The van der Waals surface area contributed by atoms with E-state index in [-0.39, 0.29) is 12.0 Å². The molecule has 3 aromatic rings. The molecule has 1 amide bonds. The molecule has 7 heteroatoms. The molecule has 0 aromatic carbocycles. The van der Waals surface area contributed by atoms with Gasteiger partial charge in [-0.3, -0.25) is 9.78 Å². The van der Waals surface area contributed by atoms with E-state index in [1.54, 1.807) is 4.90 Å². The van der Waals surface area contributed by atoms with Gasteiger partial charge in [0, 0.05) is 35.1 Å². The Hall–Kier alpha value is -2.77. The van der Waals surface area contributed by atoms with Crippen molar-refractivity contribution >= 4 is 22.6 Å². The van der Waals surface area contributed by atoms with Crippen molar-refractivity contribution in [3.05, 3.63) is 42.0 Å². The van der Waals surface area contributed by atoms with Crippen molar-refractivity contribution in [3.63, 3.8) is 0 Å². The molecule has 0 bridgehead atoms. The first-order valence-electron chi connectivity index (χ1n) is 9.62. The first-order valence-corrected chi connectivity index (χ1v) is 9.62. The summed E-state index contributed by atoms with van der Waals surface area (Å²) in [4.78, 5) is 26.6. The van der Waals surface area contributed by atoms with E-state index in [1.165, 1.54) is 0 Å². The Morgan fingerprint density at radius 2 is 2.21 bits per heavy atom. The largest absolute Gasteiger partial charge is 0.391 e. The molecule has 7 nitrogen and oxygen atoms in total. The second-order valence-corrected chi connectivity index (χ2v) is 7.59. The van der Waals surface area contributed by atoms with Gasteiger partial charge >= 0.3 is 0 Å². The number of carbonyl (C=O) groups is 1. The fourth-order valence-corrected chi connectivity index (χ4v) is 4.14. The highest BCUT2D eigenvalue weighted by atomic mass is 16.5. The second kappa shape index (κ2) is 6.68. The lowest BCUT2D eigenvalue weighted by Crippen LogP contribution is -2.40. The third-order valence-electron chi connectivity index (χ3n) is 5.76. The topological polar surface area (TPSA) is 91.3 Å². The van der Waals surface area contributed by atoms with Crippen LogP contribution in [0.4, 0.5) is 5.69 Å². The van der Waals surface area contributed by atoms with E-state index in [0.29, 0.717) is 26.0 Å². The summed E-state index contributed by atoms with van der Waals surface area (Å²) >= 11 is 0. The number of aromatic amines is 1. The summed E-state index contributed by atoms with van der Waals surface area (Å²) in [6.07, 6.45) is 6.89. The first-order chi connectivity index (χ1) is 13.6. The Morgan fingerprint density at radius 1 is 1.32 bits per heavy atom. The molecule has 5 heterocycles. The molecule has 5 rings (SSSR count). The molecular formula is C21H22N4O3. The average molecular weight is 378 g/mol. The maximum absolute atomic E-state index is 12.6. The van der Waals surface area contributed by atoms with Gasteiger partial charge in [0.25, 0.3) is 0 Å². The van der Waals surface area contributed by atoms with Crippen LogP contribution >= 0.6 is 0 Å². The molecular weight excluding hydrogens is 356 g/mol. The highest BCUT2D eigenvalue weighted by Gasteiger charge is 2.32. The van der Waals surface area contributed by atoms with Gasteiger partial charge in [-0.25, -0.2) is 4.98 Å². The van der Waals surface area contributed by atoms with E-state index >= 15 is 0 Å². The Kier molecular flexibility index (Phi) is 4.14. The van der Waals surface area contributed by atoms with Crippen LogP contribution in [-0.2, 0) is 16.0 Å². The minimum Gasteiger partial charge on any atom is -0.391 e. The molecule has 1 fully saturated rings. The fourth-order valence-electron chi connectivity index (χ4n) is 4.14. The van der Waals surface area contributed by atoms with E-state index < -0.39 is 6.10 Å². The minimum absolute atomic E-state index is 0.0466. The summed E-state index contributed by atoms with van der Waals surface area (Å²) in [5, 5.41) is 10.7. The number of ether oxygens (including phenoxy) is 1. The number of amides is 1.